The first kappa shape index (κ1) is 16.3. The van der Waals surface area contributed by atoms with Gasteiger partial charge < -0.3 is 20.1 Å². The van der Waals surface area contributed by atoms with Crippen LogP contribution in [-0.2, 0) is 9.53 Å². The molecule has 0 unspecified atom stereocenters. The largest absolute Gasteiger partial charge is 0.491 e. The molecule has 0 saturated heterocycles. The zero-order valence-electron chi connectivity index (χ0n) is 12.4. The molecular weight excluding hydrogens is 256 g/mol. The minimum Gasteiger partial charge on any atom is -0.491 e. The summed E-state index contributed by atoms with van der Waals surface area (Å²) in [7, 11) is 1.65. The second kappa shape index (κ2) is 9.20. The Labute approximate surface area is 120 Å². The lowest BCUT2D eigenvalue weighted by atomic mass is 10.3. The van der Waals surface area contributed by atoms with Gasteiger partial charge in [0.25, 0.3) is 0 Å². The summed E-state index contributed by atoms with van der Waals surface area (Å²) in [5.74, 6) is 0.804. The quantitative estimate of drug-likeness (QED) is 0.680. The number of carbonyl (C=O) groups is 1. The third-order valence-corrected chi connectivity index (χ3v) is 2.53. The standard InChI is InChI=1S/C15H24N2O3/c1-12(2)20-14-7-5-13(6-8-14)17-11-15(18)16-9-4-10-19-3/h5-8,12,17H,4,9-11H2,1-3H3,(H,16,18). The van der Waals surface area contributed by atoms with Crippen LogP contribution in [-0.4, -0.2) is 38.8 Å². The van der Waals surface area contributed by atoms with E-state index in [0.29, 0.717) is 13.2 Å². The van der Waals surface area contributed by atoms with E-state index >= 15 is 0 Å². The fourth-order valence-corrected chi connectivity index (χ4v) is 1.61. The summed E-state index contributed by atoms with van der Waals surface area (Å²) in [5, 5.41) is 5.89. The number of hydrogen-bond acceptors (Lipinski definition) is 4. The van der Waals surface area contributed by atoms with Gasteiger partial charge in [0.15, 0.2) is 0 Å². The Kier molecular flexibility index (Phi) is 7.50. The Hall–Kier alpha value is -1.75. The minimum atomic E-state index is -0.0244. The van der Waals surface area contributed by atoms with Gasteiger partial charge in [0, 0.05) is 25.9 Å². The van der Waals surface area contributed by atoms with Gasteiger partial charge in [0.2, 0.25) is 5.91 Å². The third kappa shape index (κ3) is 6.99. The molecule has 0 spiro atoms. The Morgan fingerprint density at radius 2 is 1.95 bits per heavy atom. The fraction of sp³-hybridized carbons (Fsp3) is 0.533. The monoisotopic (exact) mass is 280 g/mol. The van der Waals surface area contributed by atoms with Gasteiger partial charge in [-0.1, -0.05) is 0 Å². The van der Waals surface area contributed by atoms with Crippen LogP contribution in [0.25, 0.3) is 0 Å². The van der Waals surface area contributed by atoms with Crippen molar-refractivity contribution in [2.75, 3.05) is 32.1 Å². The number of rotatable bonds is 9. The molecule has 0 aliphatic carbocycles. The molecule has 20 heavy (non-hydrogen) atoms. The van der Waals surface area contributed by atoms with E-state index in [-0.39, 0.29) is 18.6 Å². The molecule has 0 saturated carbocycles. The van der Waals surface area contributed by atoms with Gasteiger partial charge in [-0.2, -0.15) is 0 Å². The van der Waals surface area contributed by atoms with Crippen LogP contribution in [0.15, 0.2) is 24.3 Å². The minimum absolute atomic E-state index is 0.0244. The summed E-state index contributed by atoms with van der Waals surface area (Å²) >= 11 is 0. The van der Waals surface area contributed by atoms with Crippen molar-refractivity contribution in [3.05, 3.63) is 24.3 Å². The average Bonchev–Trinajstić information content (AvgIpc) is 2.42. The summed E-state index contributed by atoms with van der Waals surface area (Å²) in [6, 6.07) is 7.57. The Bertz CT molecular complexity index is 391. The SMILES string of the molecule is COCCCNC(=O)CNc1ccc(OC(C)C)cc1. The molecule has 2 N–H and O–H groups in total. The van der Waals surface area contributed by atoms with Crippen molar-refractivity contribution < 1.29 is 14.3 Å². The molecule has 1 rings (SSSR count). The summed E-state index contributed by atoms with van der Waals surface area (Å²) < 4.78 is 10.5. The number of anilines is 1. The molecule has 5 heteroatoms. The first-order valence-corrected chi connectivity index (χ1v) is 6.88. The van der Waals surface area contributed by atoms with E-state index in [1.807, 2.05) is 38.1 Å². The zero-order chi connectivity index (χ0) is 14.8. The maximum absolute atomic E-state index is 11.6. The van der Waals surface area contributed by atoms with Gasteiger partial charge in [0.1, 0.15) is 5.75 Å². The molecule has 0 aromatic heterocycles. The fourth-order valence-electron chi connectivity index (χ4n) is 1.61. The van der Waals surface area contributed by atoms with Gasteiger partial charge in [-0.3, -0.25) is 4.79 Å². The van der Waals surface area contributed by atoms with Crippen LogP contribution >= 0.6 is 0 Å². The molecule has 0 fully saturated rings. The van der Waals surface area contributed by atoms with Crippen LogP contribution in [0.1, 0.15) is 20.3 Å². The van der Waals surface area contributed by atoms with E-state index in [9.17, 15) is 4.79 Å². The Morgan fingerprint density at radius 3 is 2.55 bits per heavy atom. The van der Waals surface area contributed by atoms with E-state index in [4.69, 9.17) is 9.47 Å². The van der Waals surface area contributed by atoms with Crippen LogP contribution in [0.5, 0.6) is 5.75 Å². The number of benzene rings is 1. The van der Waals surface area contributed by atoms with E-state index in [0.717, 1.165) is 17.9 Å². The molecule has 0 aliphatic heterocycles. The van der Waals surface area contributed by atoms with Crippen LogP contribution in [0, 0.1) is 0 Å². The Balaban J connectivity index is 2.25. The summed E-state index contributed by atoms with van der Waals surface area (Å²) in [6.45, 7) is 5.53. The van der Waals surface area contributed by atoms with Crippen molar-refractivity contribution in [3.8, 4) is 5.75 Å². The average molecular weight is 280 g/mol. The number of carbonyl (C=O) groups excluding carboxylic acids is 1. The number of nitrogens with one attached hydrogen (secondary N) is 2. The first-order chi connectivity index (χ1) is 9.61. The van der Waals surface area contributed by atoms with Crippen molar-refractivity contribution in [2.45, 2.75) is 26.4 Å². The predicted octanol–water partition coefficient (Wildman–Crippen LogP) is 2.04. The van der Waals surface area contributed by atoms with Crippen LogP contribution in [0.4, 0.5) is 5.69 Å². The molecule has 5 nitrogen and oxygen atoms in total. The van der Waals surface area contributed by atoms with Crippen molar-refractivity contribution in [1.82, 2.24) is 5.32 Å². The predicted molar refractivity (Wildman–Crippen MR) is 80.2 cm³/mol. The molecule has 112 valence electrons. The van der Waals surface area contributed by atoms with Crippen LogP contribution < -0.4 is 15.4 Å². The lowest BCUT2D eigenvalue weighted by Crippen LogP contribution is -2.31. The van der Waals surface area contributed by atoms with Crippen molar-refractivity contribution in [1.29, 1.82) is 0 Å². The zero-order valence-corrected chi connectivity index (χ0v) is 12.4. The third-order valence-electron chi connectivity index (χ3n) is 2.53. The van der Waals surface area contributed by atoms with Crippen molar-refractivity contribution in [3.63, 3.8) is 0 Å². The smallest absolute Gasteiger partial charge is 0.239 e. The second-order valence-corrected chi connectivity index (χ2v) is 4.74. The molecule has 0 bridgehead atoms. The van der Waals surface area contributed by atoms with Crippen LogP contribution in [0.2, 0.25) is 0 Å². The lowest BCUT2D eigenvalue weighted by Gasteiger charge is -2.11. The highest BCUT2D eigenvalue weighted by Gasteiger charge is 2.01. The number of hydrogen-bond donors (Lipinski definition) is 2. The summed E-state index contributed by atoms with van der Waals surface area (Å²) in [4.78, 5) is 11.6. The lowest BCUT2D eigenvalue weighted by molar-refractivity contribution is -0.119. The highest BCUT2D eigenvalue weighted by atomic mass is 16.5. The van der Waals surface area contributed by atoms with Gasteiger partial charge in [-0.15, -0.1) is 0 Å². The number of methoxy groups -OCH3 is 1. The maximum Gasteiger partial charge on any atom is 0.239 e. The first-order valence-electron chi connectivity index (χ1n) is 6.88. The van der Waals surface area contributed by atoms with E-state index < -0.39 is 0 Å². The molecule has 0 heterocycles. The summed E-state index contributed by atoms with van der Waals surface area (Å²) in [6.07, 6.45) is 0.982. The highest BCUT2D eigenvalue weighted by molar-refractivity contribution is 5.80. The summed E-state index contributed by atoms with van der Waals surface area (Å²) in [5.41, 5.74) is 0.896. The van der Waals surface area contributed by atoms with Gasteiger partial charge >= 0.3 is 0 Å². The van der Waals surface area contributed by atoms with Gasteiger partial charge in [0.05, 0.1) is 12.6 Å². The molecule has 1 aromatic carbocycles. The van der Waals surface area contributed by atoms with E-state index in [1.54, 1.807) is 7.11 Å². The number of ether oxygens (including phenoxy) is 2. The van der Waals surface area contributed by atoms with Gasteiger partial charge in [-0.05, 0) is 44.5 Å². The van der Waals surface area contributed by atoms with Crippen LogP contribution in [0.3, 0.4) is 0 Å². The second-order valence-electron chi connectivity index (χ2n) is 4.74. The molecule has 1 aromatic rings. The van der Waals surface area contributed by atoms with Crippen molar-refractivity contribution >= 4 is 11.6 Å². The normalized spacial score (nSPS) is 10.4. The molecule has 0 atom stereocenters. The Morgan fingerprint density at radius 1 is 1.25 bits per heavy atom. The maximum atomic E-state index is 11.6. The highest BCUT2D eigenvalue weighted by Crippen LogP contribution is 2.16. The molecule has 0 radical (unpaired) electrons. The molecular formula is C15H24N2O3. The van der Waals surface area contributed by atoms with Crippen molar-refractivity contribution in [2.24, 2.45) is 0 Å². The molecule has 0 aliphatic rings. The van der Waals surface area contributed by atoms with E-state index in [2.05, 4.69) is 10.6 Å². The topological polar surface area (TPSA) is 59.6 Å². The van der Waals surface area contributed by atoms with E-state index in [1.165, 1.54) is 0 Å². The van der Waals surface area contributed by atoms with Gasteiger partial charge in [-0.25, -0.2) is 0 Å². The number of amides is 1. The molecule has 1 amide bonds.